The molecule has 0 aliphatic rings. The number of thioether (sulfide) groups is 2. The molecule has 0 spiro atoms. The minimum Gasteiger partial charge on any atom is -0.453 e. The molecule has 1 heterocycles. The second kappa shape index (κ2) is 6.33. The summed E-state index contributed by atoms with van der Waals surface area (Å²) in [5, 5.41) is 0.951. The van der Waals surface area contributed by atoms with Gasteiger partial charge in [0.15, 0.2) is 5.76 Å². The standard InChI is InChI=1S/C15H16O2S3/c1-15(2,3)20-14(18)19-9-11(16)13-8-10-6-4-5-7-12(10)17-13/h4-8H,9H2,1-3H3. The van der Waals surface area contributed by atoms with E-state index in [1.54, 1.807) is 17.8 Å². The number of Topliss-reactive ketones (excluding diaryl/α,β-unsaturated/α-hetero) is 1. The summed E-state index contributed by atoms with van der Waals surface area (Å²) in [6, 6.07) is 9.40. The maximum Gasteiger partial charge on any atom is 0.208 e. The van der Waals surface area contributed by atoms with Crippen molar-refractivity contribution in [2.45, 2.75) is 25.5 Å². The Kier molecular flexibility index (Phi) is 4.94. The first-order valence-electron chi connectivity index (χ1n) is 6.23. The Hall–Kier alpha value is -0.780. The molecule has 0 unspecified atom stereocenters. The fraction of sp³-hybridized carbons (Fsp3) is 0.333. The van der Waals surface area contributed by atoms with Gasteiger partial charge in [0, 0.05) is 10.1 Å². The first-order chi connectivity index (χ1) is 9.35. The first-order valence-corrected chi connectivity index (χ1v) is 8.44. The fourth-order valence-corrected chi connectivity index (χ4v) is 4.57. The normalized spacial score (nSPS) is 11.8. The van der Waals surface area contributed by atoms with Gasteiger partial charge in [-0.15, -0.1) is 11.8 Å². The van der Waals surface area contributed by atoms with E-state index in [0.717, 1.165) is 14.5 Å². The summed E-state index contributed by atoms with van der Waals surface area (Å²) in [6.07, 6.45) is 0. The number of hydrogen-bond acceptors (Lipinski definition) is 5. The number of thiocarbonyl (C=S) groups is 1. The van der Waals surface area contributed by atoms with Crippen LogP contribution in [0.4, 0.5) is 0 Å². The highest BCUT2D eigenvalue weighted by Gasteiger charge is 2.17. The van der Waals surface area contributed by atoms with Crippen LogP contribution in [0.25, 0.3) is 11.0 Å². The Bertz CT molecular complexity index is 605. The third-order valence-electron chi connectivity index (χ3n) is 2.41. The Labute approximate surface area is 132 Å². The van der Waals surface area contributed by atoms with Crippen LogP contribution >= 0.6 is 35.7 Å². The largest absolute Gasteiger partial charge is 0.453 e. The highest BCUT2D eigenvalue weighted by atomic mass is 32.2. The van der Waals surface area contributed by atoms with Crippen molar-refractivity contribution in [2.24, 2.45) is 0 Å². The lowest BCUT2D eigenvalue weighted by Gasteiger charge is -2.16. The maximum absolute atomic E-state index is 12.1. The first kappa shape index (κ1) is 15.6. The van der Waals surface area contributed by atoms with Crippen molar-refractivity contribution in [1.29, 1.82) is 0 Å². The highest BCUT2D eigenvalue weighted by molar-refractivity contribution is 8.47. The van der Waals surface area contributed by atoms with Crippen LogP contribution in [0.2, 0.25) is 0 Å². The zero-order valence-electron chi connectivity index (χ0n) is 11.6. The molecule has 0 aliphatic heterocycles. The molecule has 0 radical (unpaired) electrons. The van der Waals surface area contributed by atoms with Crippen LogP contribution in [-0.2, 0) is 0 Å². The van der Waals surface area contributed by atoms with Crippen molar-refractivity contribution in [2.75, 3.05) is 5.75 Å². The number of hydrogen-bond donors (Lipinski definition) is 0. The van der Waals surface area contributed by atoms with Crippen molar-refractivity contribution in [1.82, 2.24) is 0 Å². The molecule has 0 atom stereocenters. The molecule has 106 valence electrons. The number of carbonyl (C=O) groups is 1. The SMILES string of the molecule is CC(C)(C)SC(=S)SCC(=O)c1cc2ccccc2o1. The summed E-state index contributed by atoms with van der Waals surface area (Å²) in [7, 11) is 0. The van der Waals surface area contributed by atoms with E-state index in [9.17, 15) is 4.79 Å². The molecule has 0 saturated heterocycles. The van der Waals surface area contributed by atoms with Gasteiger partial charge in [-0.1, -0.05) is 63.0 Å². The van der Waals surface area contributed by atoms with Gasteiger partial charge in [-0.2, -0.15) is 0 Å². The number of ketones is 1. The van der Waals surface area contributed by atoms with Gasteiger partial charge >= 0.3 is 0 Å². The minimum absolute atomic E-state index is 0.0249. The Morgan fingerprint density at radius 2 is 2.00 bits per heavy atom. The molecule has 1 aromatic carbocycles. The predicted octanol–water partition coefficient (Wildman–Crippen LogP) is 5.17. The summed E-state index contributed by atoms with van der Waals surface area (Å²) in [5.41, 5.74) is 0.743. The topological polar surface area (TPSA) is 30.2 Å². The van der Waals surface area contributed by atoms with Gasteiger partial charge in [-0.05, 0) is 12.1 Å². The van der Waals surface area contributed by atoms with Gasteiger partial charge in [0.2, 0.25) is 5.78 Å². The summed E-state index contributed by atoms with van der Waals surface area (Å²) in [4.78, 5) is 12.1. The second-order valence-corrected chi connectivity index (χ2v) is 9.33. The molecule has 0 aliphatic carbocycles. The minimum atomic E-state index is -0.0249. The molecule has 0 fully saturated rings. The van der Waals surface area contributed by atoms with Crippen molar-refractivity contribution < 1.29 is 9.21 Å². The molecule has 0 amide bonds. The van der Waals surface area contributed by atoms with Gasteiger partial charge in [-0.3, -0.25) is 4.79 Å². The molecule has 5 heteroatoms. The Morgan fingerprint density at radius 1 is 1.30 bits per heavy atom. The van der Waals surface area contributed by atoms with E-state index in [4.69, 9.17) is 16.6 Å². The Morgan fingerprint density at radius 3 is 2.65 bits per heavy atom. The molecular formula is C15H16O2S3. The Balaban J connectivity index is 1.97. The van der Waals surface area contributed by atoms with E-state index in [1.807, 2.05) is 24.3 Å². The van der Waals surface area contributed by atoms with Crippen molar-refractivity contribution in [3.63, 3.8) is 0 Å². The molecule has 0 saturated carbocycles. The van der Waals surface area contributed by atoms with Crippen LogP contribution in [0.3, 0.4) is 0 Å². The lowest BCUT2D eigenvalue weighted by molar-refractivity contribution is 0.0994. The van der Waals surface area contributed by atoms with Crippen LogP contribution in [0, 0.1) is 0 Å². The van der Waals surface area contributed by atoms with Crippen molar-refractivity contribution in [3.05, 3.63) is 36.1 Å². The lowest BCUT2D eigenvalue weighted by Crippen LogP contribution is -2.10. The molecule has 1 aromatic heterocycles. The molecular weight excluding hydrogens is 308 g/mol. The van der Waals surface area contributed by atoms with Gasteiger partial charge in [-0.25, -0.2) is 0 Å². The zero-order chi connectivity index (χ0) is 14.8. The third kappa shape index (κ3) is 4.36. The van der Waals surface area contributed by atoms with E-state index >= 15 is 0 Å². The summed E-state index contributed by atoms with van der Waals surface area (Å²) < 4.78 is 6.42. The molecule has 2 aromatic rings. The maximum atomic E-state index is 12.1. The number of carbonyl (C=O) groups excluding carboxylic acids is 1. The summed E-state index contributed by atoms with van der Waals surface area (Å²) >= 11 is 8.29. The van der Waals surface area contributed by atoms with Gasteiger partial charge in [0.25, 0.3) is 0 Å². The van der Waals surface area contributed by atoms with Gasteiger partial charge in [0.05, 0.1) is 5.75 Å². The monoisotopic (exact) mass is 324 g/mol. The van der Waals surface area contributed by atoms with E-state index < -0.39 is 0 Å². The summed E-state index contributed by atoms with van der Waals surface area (Å²) in [5.74, 6) is 0.701. The lowest BCUT2D eigenvalue weighted by atomic mass is 10.2. The van der Waals surface area contributed by atoms with Crippen LogP contribution in [0.1, 0.15) is 31.3 Å². The molecule has 2 nitrogen and oxygen atoms in total. The van der Waals surface area contributed by atoms with E-state index in [-0.39, 0.29) is 10.5 Å². The smallest absolute Gasteiger partial charge is 0.208 e. The number of para-hydroxylation sites is 1. The predicted molar refractivity (Wildman–Crippen MR) is 92.9 cm³/mol. The van der Waals surface area contributed by atoms with Crippen LogP contribution in [0.15, 0.2) is 34.7 Å². The molecule has 0 bridgehead atoms. The highest BCUT2D eigenvalue weighted by Crippen LogP contribution is 2.30. The van der Waals surface area contributed by atoms with E-state index in [2.05, 4.69) is 20.8 Å². The van der Waals surface area contributed by atoms with Crippen molar-refractivity contribution in [3.8, 4) is 0 Å². The molecule has 20 heavy (non-hydrogen) atoms. The van der Waals surface area contributed by atoms with E-state index in [0.29, 0.717) is 11.5 Å². The van der Waals surface area contributed by atoms with Crippen LogP contribution in [0.5, 0.6) is 0 Å². The van der Waals surface area contributed by atoms with E-state index in [1.165, 1.54) is 11.8 Å². The molecule has 0 N–H and O–H groups in total. The van der Waals surface area contributed by atoms with Crippen molar-refractivity contribution >= 4 is 56.0 Å². The fourth-order valence-electron chi connectivity index (χ4n) is 1.59. The average Bonchev–Trinajstić information content (AvgIpc) is 2.77. The van der Waals surface area contributed by atoms with Gasteiger partial charge in [0.1, 0.15) is 9.11 Å². The number of fused-ring (bicyclic) bond motifs is 1. The number of rotatable bonds is 3. The number of benzene rings is 1. The van der Waals surface area contributed by atoms with Crippen LogP contribution in [-0.4, -0.2) is 19.8 Å². The van der Waals surface area contributed by atoms with Crippen LogP contribution < -0.4 is 0 Å². The number of furan rings is 1. The molecule has 2 rings (SSSR count). The zero-order valence-corrected chi connectivity index (χ0v) is 14.1. The quantitative estimate of drug-likeness (QED) is 0.574. The third-order valence-corrected chi connectivity index (χ3v) is 5.04. The van der Waals surface area contributed by atoms with Gasteiger partial charge < -0.3 is 4.42 Å². The second-order valence-electron chi connectivity index (χ2n) is 5.32. The average molecular weight is 324 g/mol. The summed E-state index contributed by atoms with van der Waals surface area (Å²) in [6.45, 7) is 6.31.